The summed E-state index contributed by atoms with van der Waals surface area (Å²) in [5, 5.41) is 13.0. The Kier molecular flexibility index (Phi) is 1.45. The molecule has 0 amide bonds. The minimum absolute atomic E-state index is 0.316. The van der Waals surface area contributed by atoms with Gasteiger partial charge in [-0.25, -0.2) is 0 Å². The molecular weight excluding hydrogens is 174 g/mol. The number of phenols is 1. The van der Waals surface area contributed by atoms with Crippen LogP contribution < -0.4 is 10.6 Å². The molecule has 0 saturated heterocycles. The molecule has 1 aromatic carbocycles. The Morgan fingerprint density at radius 2 is 2.00 bits per heavy atom. The number of hydrogen-bond donors (Lipinski definition) is 2. The van der Waals surface area contributed by atoms with Gasteiger partial charge in [0.1, 0.15) is 5.75 Å². The van der Waals surface area contributed by atoms with Crippen molar-refractivity contribution in [2.75, 3.05) is 0 Å². The van der Waals surface area contributed by atoms with E-state index in [0.717, 1.165) is 18.4 Å². The number of hydrogen-bond acceptors (Lipinski definition) is 1. The fourth-order valence-corrected chi connectivity index (χ4v) is 2.06. The Morgan fingerprint density at radius 1 is 1.14 bits per heavy atom. The van der Waals surface area contributed by atoms with Gasteiger partial charge in [-0.05, 0) is 25.0 Å². The first-order valence-electron chi connectivity index (χ1n) is 4.86. The highest BCUT2D eigenvalue weighted by molar-refractivity contribution is 5.82. The first-order chi connectivity index (χ1) is 6.84. The van der Waals surface area contributed by atoms with E-state index in [-0.39, 0.29) is 0 Å². The number of H-pyrrole nitrogens is 1. The van der Waals surface area contributed by atoms with E-state index in [1.807, 2.05) is 6.07 Å². The highest BCUT2D eigenvalue weighted by Gasteiger charge is 2.02. The first-order valence-corrected chi connectivity index (χ1v) is 4.86. The third kappa shape index (κ3) is 0.970. The molecule has 3 rings (SSSR count). The summed E-state index contributed by atoms with van der Waals surface area (Å²) in [5.74, 6) is 0.316. The van der Waals surface area contributed by atoms with Gasteiger partial charge in [-0.3, -0.25) is 0 Å². The van der Waals surface area contributed by atoms with Crippen LogP contribution in [0.2, 0.25) is 0 Å². The lowest BCUT2D eigenvalue weighted by Gasteiger charge is -1.93. The first kappa shape index (κ1) is 7.68. The summed E-state index contributed by atoms with van der Waals surface area (Å²) in [7, 11) is 0. The van der Waals surface area contributed by atoms with Gasteiger partial charge in [-0.2, -0.15) is 0 Å². The van der Waals surface area contributed by atoms with Crippen LogP contribution in [0.4, 0.5) is 0 Å². The van der Waals surface area contributed by atoms with Crippen molar-refractivity contribution >= 4 is 23.1 Å². The second-order valence-electron chi connectivity index (χ2n) is 3.67. The topological polar surface area (TPSA) is 36.0 Å². The fourth-order valence-electron chi connectivity index (χ4n) is 2.06. The van der Waals surface area contributed by atoms with E-state index >= 15 is 0 Å². The van der Waals surface area contributed by atoms with Crippen molar-refractivity contribution in [3.63, 3.8) is 0 Å². The number of aromatic hydroxyl groups is 1. The molecule has 2 heteroatoms. The van der Waals surface area contributed by atoms with Gasteiger partial charge < -0.3 is 10.1 Å². The largest absolute Gasteiger partial charge is 0.508 e. The Morgan fingerprint density at radius 3 is 2.93 bits per heavy atom. The normalized spacial score (nSPS) is 14.6. The monoisotopic (exact) mass is 185 g/mol. The lowest BCUT2D eigenvalue weighted by molar-refractivity contribution is 0.476. The number of benzene rings is 1. The third-order valence-electron chi connectivity index (χ3n) is 2.72. The zero-order valence-corrected chi connectivity index (χ0v) is 7.75. The van der Waals surface area contributed by atoms with E-state index < -0.39 is 0 Å². The van der Waals surface area contributed by atoms with Gasteiger partial charge in [0.05, 0.1) is 5.52 Å². The molecule has 2 N–H and O–H groups in total. The minimum Gasteiger partial charge on any atom is -0.508 e. The van der Waals surface area contributed by atoms with E-state index in [1.165, 1.54) is 16.0 Å². The van der Waals surface area contributed by atoms with Crippen LogP contribution in [0.15, 0.2) is 18.2 Å². The Labute approximate surface area is 81.2 Å². The zero-order chi connectivity index (χ0) is 9.54. The van der Waals surface area contributed by atoms with Gasteiger partial charge in [0.25, 0.3) is 0 Å². The van der Waals surface area contributed by atoms with Crippen LogP contribution in [0, 0.1) is 0 Å². The molecule has 2 nitrogen and oxygen atoms in total. The van der Waals surface area contributed by atoms with Gasteiger partial charge in [-0.1, -0.05) is 12.2 Å². The van der Waals surface area contributed by atoms with Crippen molar-refractivity contribution in [2.24, 2.45) is 0 Å². The standard InChI is InChI=1S/C12H11NO/c14-8-5-6-10-9-3-1-2-4-11(9)13-12(10)7-8/h3-7,13-14H,1-2H2. The molecule has 0 radical (unpaired) electrons. The summed E-state index contributed by atoms with van der Waals surface area (Å²) in [4.78, 5) is 3.31. The number of fused-ring (bicyclic) bond motifs is 3. The van der Waals surface area contributed by atoms with E-state index in [1.54, 1.807) is 12.1 Å². The van der Waals surface area contributed by atoms with E-state index in [4.69, 9.17) is 0 Å². The third-order valence-corrected chi connectivity index (χ3v) is 2.72. The molecule has 1 aliphatic rings. The second-order valence-corrected chi connectivity index (χ2v) is 3.67. The maximum Gasteiger partial charge on any atom is 0.117 e. The van der Waals surface area contributed by atoms with Crippen molar-refractivity contribution in [1.29, 1.82) is 0 Å². The van der Waals surface area contributed by atoms with Gasteiger partial charge in [0.15, 0.2) is 0 Å². The van der Waals surface area contributed by atoms with Crippen LogP contribution in [-0.2, 0) is 0 Å². The highest BCUT2D eigenvalue weighted by atomic mass is 16.3. The van der Waals surface area contributed by atoms with Crippen LogP contribution >= 0.6 is 0 Å². The fraction of sp³-hybridized carbons (Fsp3) is 0.167. The van der Waals surface area contributed by atoms with Gasteiger partial charge in [-0.15, -0.1) is 0 Å². The summed E-state index contributed by atoms with van der Waals surface area (Å²) in [6, 6.07) is 5.48. The Hall–Kier alpha value is -1.70. The van der Waals surface area contributed by atoms with Gasteiger partial charge in [0.2, 0.25) is 0 Å². The molecule has 0 atom stereocenters. The van der Waals surface area contributed by atoms with Crippen molar-refractivity contribution in [3.05, 3.63) is 28.8 Å². The maximum absolute atomic E-state index is 9.35. The zero-order valence-electron chi connectivity index (χ0n) is 7.75. The summed E-state index contributed by atoms with van der Waals surface area (Å²) in [6.45, 7) is 0. The molecule has 14 heavy (non-hydrogen) atoms. The number of rotatable bonds is 0. The highest BCUT2D eigenvalue weighted by Crippen LogP contribution is 2.14. The van der Waals surface area contributed by atoms with E-state index in [0.29, 0.717) is 5.75 Å². The SMILES string of the molecule is Oc1ccc2c3c([nH]c2c1)=CCCC=3. The van der Waals surface area contributed by atoms with Crippen LogP contribution in [0.3, 0.4) is 0 Å². The Balaban J connectivity index is 2.56. The molecule has 1 aromatic heterocycles. The van der Waals surface area contributed by atoms with Crippen LogP contribution in [-0.4, -0.2) is 10.1 Å². The van der Waals surface area contributed by atoms with Gasteiger partial charge in [0, 0.05) is 22.0 Å². The quantitative estimate of drug-likeness (QED) is 0.636. The molecule has 0 unspecified atom stereocenters. The van der Waals surface area contributed by atoms with Gasteiger partial charge >= 0.3 is 0 Å². The van der Waals surface area contributed by atoms with Crippen molar-refractivity contribution in [1.82, 2.24) is 4.98 Å². The molecular formula is C12H11NO. The van der Waals surface area contributed by atoms with Crippen molar-refractivity contribution in [2.45, 2.75) is 12.8 Å². The molecule has 70 valence electrons. The maximum atomic E-state index is 9.35. The number of phenolic OH excluding ortho intramolecular Hbond substituents is 1. The predicted octanol–water partition coefficient (Wildman–Crippen LogP) is 1.23. The van der Waals surface area contributed by atoms with E-state index in [2.05, 4.69) is 17.1 Å². The molecule has 0 fully saturated rings. The summed E-state index contributed by atoms with van der Waals surface area (Å²) in [6.07, 6.45) is 6.68. The van der Waals surface area contributed by atoms with Crippen LogP contribution in [0.5, 0.6) is 5.75 Å². The van der Waals surface area contributed by atoms with Crippen molar-refractivity contribution < 1.29 is 5.11 Å². The van der Waals surface area contributed by atoms with Crippen LogP contribution in [0.1, 0.15) is 12.8 Å². The molecule has 0 saturated carbocycles. The molecule has 1 aliphatic carbocycles. The predicted molar refractivity (Wildman–Crippen MR) is 57.4 cm³/mol. The molecule has 0 bridgehead atoms. The lowest BCUT2D eigenvalue weighted by atomic mass is 10.1. The molecule has 1 heterocycles. The lowest BCUT2D eigenvalue weighted by Crippen LogP contribution is -2.24. The average molecular weight is 185 g/mol. The summed E-state index contributed by atoms with van der Waals surface area (Å²) >= 11 is 0. The number of aromatic amines is 1. The number of aromatic nitrogens is 1. The average Bonchev–Trinajstić information content (AvgIpc) is 2.54. The number of nitrogens with one attached hydrogen (secondary N) is 1. The summed E-state index contributed by atoms with van der Waals surface area (Å²) in [5.41, 5.74) is 1.02. The van der Waals surface area contributed by atoms with Crippen LogP contribution in [0.25, 0.3) is 23.1 Å². The Bertz CT molecular complexity index is 607. The van der Waals surface area contributed by atoms with Crippen molar-refractivity contribution in [3.8, 4) is 5.75 Å². The smallest absolute Gasteiger partial charge is 0.117 e. The molecule has 2 aromatic rings. The summed E-state index contributed by atoms with van der Waals surface area (Å²) < 4.78 is 0. The second kappa shape index (κ2) is 2.64. The molecule has 0 aliphatic heterocycles. The molecule has 0 spiro atoms. The van der Waals surface area contributed by atoms with E-state index in [9.17, 15) is 5.11 Å². The minimum atomic E-state index is 0.316.